The van der Waals surface area contributed by atoms with Gasteiger partial charge in [0.05, 0.1) is 39.0 Å². The van der Waals surface area contributed by atoms with E-state index in [0.717, 1.165) is 36.4 Å². The van der Waals surface area contributed by atoms with Crippen molar-refractivity contribution in [3.8, 4) is 5.75 Å². The van der Waals surface area contributed by atoms with Crippen LogP contribution in [0.4, 0.5) is 0 Å². The molecule has 1 amide bonds. The summed E-state index contributed by atoms with van der Waals surface area (Å²) in [7, 11) is -1.23. The zero-order valence-electron chi connectivity index (χ0n) is 15.4. The Morgan fingerprint density at radius 2 is 2.04 bits per heavy atom. The van der Waals surface area contributed by atoms with Gasteiger partial charge in [-0.05, 0) is 25.1 Å². The molecule has 1 N–H and O–H groups in total. The molecule has 0 radical (unpaired) electrons. The Morgan fingerprint density at radius 1 is 1.31 bits per heavy atom. The van der Waals surface area contributed by atoms with Crippen LogP contribution in [0.5, 0.6) is 5.75 Å². The Hall–Kier alpha value is -1.86. The van der Waals surface area contributed by atoms with E-state index in [4.69, 9.17) is 4.74 Å². The third-order valence-electron chi connectivity index (χ3n) is 5.32. The lowest BCUT2D eigenvalue weighted by atomic mass is 10.1. The first kappa shape index (κ1) is 18.9. The number of rotatable bonds is 4. The number of hydrogen-bond donors (Lipinski definition) is 1. The molecule has 7 heteroatoms. The van der Waals surface area contributed by atoms with Crippen LogP contribution in [0.1, 0.15) is 17.5 Å². The van der Waals surface area contributed by atoms with Crippen LogP contribution in [0.25, 0.3) is 6.08 Å². The lowest BCUT2D eigenvalue weighted by Gasteiger charge is -2.34. The Labute approximate surface area is 155 Å². The molecule has 2 aliphatic heterocycles. The van der Waals surface area contributed by atoms with E-state index in [1.165, 1.54) is 4.90 Å². The summed E-state index contributed by atoms with van der Waals surface area (Å²) in [6.45, 7) is 4.96. The number of carbonyl (C=O) groups is 1. The summed E-state index contributed by atoms with van der Waals surface area (Å²) in [4.78, 5) is 15.6. The average molecular weight is 380 g/mol. The number of benzene rings is 1. The van der Waals surface area contributed by atoms with Gasteiger partial charge < -0.3 is 14.5 Å². The van der Waals surface area contributed by atoms with Gasteiger partial charge in [0.1, 0.15) is 17.5 Å². The van der Waals surface area contributed by atoms with Crippen LogP contribution in [0.3, 0.4) is 0 Å². The van der Waals surface area contributed by atoms with Crippen molar-refractivity contribution in [3.63, 3.8) is 0 Å². The van der Waals surface area contributed by atoms with Crippen LogP contribution in [0.2, 0.25) is 0 Å². The molecule has 1 aromatic carbocycles. The summed E-state index contributed by atoms with van der Waals surface area (Å²) in [6, 6.07) is 6.07. The third-order valence-corrected chi connectivity index (χ3v) is 7.09. The molecular formula is C19H27N2O4S+. The van der Waals surface area contributed by atoms with Gasteiger partial charge in [0.15, 0.2) is 9.84 Å². The smallest absolute Gasteiger partial charge is 0.246 e. The van der Waals surface area contributed by atoms with Crippen molar-refractivity contribution in [2.24, 2.45) is 0 Å². The summed E-state index contributed by atoms with van der Waals surface area (Å²) >= 11 is 0. The maximum atomic E-state index is 12.5. The molecule has 0 spiro atoms. The van der Waals surface area contributed by atoms with Crippen molar-refractivity contribution < 1.29 is 22.8 Å². The standard InChI is InChI=1S/C19H26N2O4S/c1-15-3-5-18(25-2)16(13-15)4-6-19(22)21-10-8-20(9-11-21)17-7-12-26(23,24)14-17/h3-6,13,17H,7-12,14H2,1-2H3/p+1/b6-4+/t17-/m0/s1. The number of nitrogens with zero attached hydrogens (tertiary/aromatic N) is 1. The molecule has 2 aliphatic rings. The molecular weight excluding hydrogens is 352 g/mol. The zero-order valence-corrected chi connectivity index (χ0v) is 16.2. The van der Waals surface area contributed by atoms with Gasteiger partial charge in [-0.25, -0.2) is 8.42 Å². The van der Waals surface area contributed by atoms with Crippen LogP contribution in [-0.4, -0.2) is 70.1 Å². The Bertz CT molecular complexity index is 796. The Balaban J connectivity index is 1.56. The number of aryl methyl sites for hydroxylation is 1. The normalized spacial score (nSPS) is 23.5. The number of quaternary nitrogens is 1. The van der Waals surface area contributed by atoms with Gasteiger partial charge in [-0.2, -0.15) is 0 Å². The van der Waals surface area contributed by atoms with Gasteiger partial charge in [-0.15, -0.1) is 0 Å². The first-order valence-corrected chi connectivity index (χ1v) is 10.9. The minimum atomic E-state index is -2.85. The van der Waals surface area contributed by atoms with E-state index < -0.39 is 9.84 Å². The molecule has 6 nitrogen and oxygen atoms in total. The number of carbonyl (C=O) groups excluding carboxylic acids is 1. The van der Waals surface area contributed by atoms with Crippen molar-refractivity contribution in [2.45, 2.75) is 19.4 Å². The molecule has 0 aliphatic carbocycles. The number of sulfone groups is 1. The first-order chi connectivity index (χ1) is 12.4. The molecule has 26 heavy (non-hydrogen) atoms. The summed E-state index contributed by atoms with van der Waals surface area (Å²) in [5.41, 5.74) is 2.00. The molecule has 0 unspecified atom stereocenters. The minimum absolute atomic E-state index is 0.00773. The lowest BCUT2D eigenvalue weighted by Crippen LogP contribution is -3.18. The van der Waals surface area contributed by atoms with Crippen molar-refractivity contribution >= 4 is 21.8 Å². The molecule has 1 aromatic rings. The van der Waals surface area contributed by atoms with Crippen molar-refractivity contribution in [2.75, 3.05) is 44.8 Å². The number of amides is 1. The van der Waals surface area contributed by atoms with Crippen LogP contribution in [0, 0.1) is 6.92 Å². The highest BCUT2D eigenvalue weighted by molar-refractivity contribution is 7.91. The SMILES string of the molecule is COc1ccc(C)cc1/C=C/C(=O)N1CC[NH+]([C@H]2CCS(=O)(=O)C2)CC1. The van der Waals surface area contributed by atoms with Crippen LogP contribution < -0.4 is 9.64 Å². The van der Waals surface area contributed by atoms with E-state index in [1.807, 2.05) is 30.0 Å². The van der Waals surface area contributed by atoms with Crippen molar-refractivity contribution in [3.05, 3.63) is 35.4 Å². The van der Waals surface area contributed by atoms with Gasteiger partial charge in [-0.3, -0.25) is 4.79 Å². The van der Waals surface area contributed by atoms with Crippen molar-refractivity contribution in [1.29, 1.82) is 0 Å². The number of hydrogen-bond acceptors (Lipinski definition) is 4. The molecule has 2 fully saturated rings. The maximum absolute atomic E-state index is 12.5. The second-order valence-corrected chi connectivity index (χ2v) is 9.39. The molecule has 0 aromatic heterocycles. The van der Waals surface area contributed by atoms with Crippen LogP contribution in [0.15, 0.2) is 24.3 Å². The molecule has 2 saturated heterocycles. The quantitative estimate of drug-likeness (QED) is 0.744. The topological polar surface area (TPSA) is 68.1 Å². The zero-order chi connectivity index (χ0) is 18.7. The fourth-order valence-corrected chi connectivity index (χ4v) is 5.62. The van der Waals surface area contributed by atoms with Crippen LogP contribution in [-0.2, 0) is 14.6 Å². The highest BCUT2D eigenvalue weighted by Crippen LogP contribution is 2.21. The molecule has 142 valence electrons. The number of methoxy groups -OCH3 is 1. The van der Waals surface area contributed by atoms with E-state index in [2.05, 4.69) is 0 Å². The Morgan fingerprint density at radius 3 is 2.65 bits per heavy atom. The number of nitrogens with one attached hydrogen (secondary N) is 1. The first-order valence-electron chi connectivity index (χ1n) is 9.04. The van der Waals surface area contributed by atoms with Gasteiger partial charge in [0.2, 0.25) is 5.91 Å². The van der Waals surface area contributed by atoms with E-state index in [-0.39, 0.29) is 11.9 Å². The van der Waals surface area contributed by atoms with Gasteiger partial charge in [-0.1, -0.05) is 11.6 Å². The van der Waals surface area contributed by atoms with Crippen molar-refractivity contribution in [1.82, 2.24) is 4.90 Å². The highest BCUT2D eigenvalue weighted by Gasteiger charge is 2.37. The lowest BCUT2D eigenvalue weighted by molar-refractivity contribution is -0.925. The summed E-state index contributed by atoms with van der Waals surface area (Å²) in [6.07, 6.45) is 4.15. The Kier molecular flexibility index (Phi) is 5.67. The average Bonchev–Trinajstić information content (AvgIpc) is 3.00. The third kappa shape index (κ3) is 4.45. The fraction of sp³-hybridized carbons (Fsp3) is 0.526. The molecule has 0 saturated carbocycles. The van der Waals surface area contributed by atoms with Crippen LogP contribution >= 0.6 is 0 Å². The minimum Gasteiger partial charge on any atom is -0.496 e. The van der Waals surface area contributed by atoms with Gasteiger partial charge in [0, 0.05) is 18.1 Å². The maximum Gasteiger partial charge on any atom is 0.246 e. The second kappa shape index (κ2) is 7.80. The predicted molar refractivity (Wildman–Crippen MR) is 101 cm³/mol. The summed E-state index contributed by atoms with van der Waals surface area (Å²) < 4.78 is 28.6. The van der Waals surface area contributed by atoms with Gasteiger partial charge >= 0.3 is 0 Å². The monoisotopic (exact) mass is 379 g/mol. The van der Waals surface area contributed by atoms with E-state index in [0.29, 0.717) is 24.6 Å². The fourth-order valence-electron chi connectivity index (χ4n) is 3.79. The van der Waals surface area contributed by atoms with Gasteiger partial charge in [0.25, 0.3) is 0 Å². The molecule has 1 atom stereocenters. The number of piperazine rings is 1. The largest absolute Gasteiger partial charge is 0.496 e. The molecule has 3 rings (SSSR count). The second-order valence-electron chi connectivity index (χ2n) is 7.16. The highest BCUT2D eigenvalue weighted by atomic mass is 32.2. The number of ether oxygens (including phenoxy) is 1. The summed E-state index contributed by atoms with van der Waals surface area (Å²) in [5, 5.41) is 0. The summed E-state index contributed by atoms with van der Waals surface area (Å²) in [5.74, 6) is 1.34. The van der Waals surface area contributed by atoms with E-state index in [1.54, 1.807) is 19.3 Å². The van der Waals surface area contributed by atoms with E-state index in [9.17, 15) is 13.2 Å². The molecule has 0 bridgehead atoms. The molecule has 2 heterocycles. The van der Waals surface area contributed by atoms with E-state index >= 15 is 0 Å². The predicted octanol–water partition coefficient (Wildman–Crippen LogP) is -0.0690.